The average Bonchev–Trinajstić information content (AvgIpc) is 2.99. The third-order valence-electron chi connectivity index (χ3n) is 4.97. The highest BCUT2D eigenvalue weighted by Gasteiger charge is 2.32. The first-order valence-corrected chi connectivity index (χ1v) is 9.16. The quantitative estimate of drug-likeness (QED) is 0.752. The molecule has 1 aliphatic carbocycles. The molecule has 0 spiro atoms. The predicted molar refractivity (Wildman–Crippen MR) is 108 cm³/mol. The van der Waals surface area contributed by atoms with Crippen LogP contribution in [0, 0.1) is 13.8 Å². The molecular formula is C22H22N2S. The Kier molecular flexibility index (Phi) is 4.18. The Morgan fingerprint density at radius 2 is 1.56 bits per heavy atom. The van der Waals surface area contributed by atoms with E-state index < -0.39 is 0 Å². The molecule has 1 aliphatic heterocycles. The molecule has 0 amide bonds. The van der Waals surface area contributed by atoms with Crippen LogP contribution in [0.3, 0.4) is 0 Å². The maximum Gasteiger partial charge on any atom is 0.171 e. The van der Waals surface area contributed by atoms with Crippen molar-refractivity contribution in [2.45, 2.75) is 32.7 Å². The predicted octanol–water partition coefficient (Wildman–Crippen LogP) is 4.95. The molecule has 2 aromatic rings. The van der Waals surface area contributed by atoms with E-state index in [4.69, 9.17) is 12.2 Å². The molecule has 2 nitrogen and oxygen atoms in total. The van der Waals surface area contributed by atoms with Gasteiger partial charge in [-0.15, -0.1) is 0 Å². The van der Waals surface area contributed by atoms with Gasteiger partial charge in [0.2, 0.25) is 0 Å². The smallest absolute Gasteiger partial charge is 0.171 e. The summed E-state index contributed by atoms with van der Waals surface area (Å²) in [5, 5.41) is 7.57. The maximum atomic E-state index is 5.44. The van der Waals surface area contributed by atoms with Gasteiger partial charge in [0.15, 0.2) is 5.11 Å². The Morgan fingerprint density at radius 1 is 0.920 bits per heavy atom. The normalized spacial score (nSPS) is 21.1. The number of hydrogen-bond donors (Lipinski definition) is 2. The van der Waals surface area contributed by atoms with Gasteiger partial charge in [-0.3, -0.25) is 0 Å². The number of hydrogen-bond acceptors (Lipinski definition) is 1. The minimum Gasteiger partial charge on any atom is -0.351 e. The van der Waals surface area contributed by atoms with Crippen molar-refractivity contribution in [1.29, 1.82) is 0 Å². The topological polar surface area (TPSA) is 24.1 Å². The van der Waals surface area contributed by atoms with Crippen LogP contribution in [-0.4, -0.2) is 5.11 Å². The van der Waals surface area contributed by atoms with Crippen LogP contribution in [-0.2, 0) is 0 Å². The van der Waals surface area contributed by atoms with Gasteiger partial charge in [0.25, 0.3) is 0 Å². The molecule has 126 valence electrons. The monoisotopic (exact) mass is 346 g/mol. The largest absolute Gasteiger partial charge is 0.351 e. The molecule has 0 fully saturated rings. The van der Waals surface area contributed by atoms with Gasteiger partial charge in [-0.05, 0) is 55.6 Å². The number of rotatable bonds is 2. The SMILES string of the molecule is Cc1ccc(/C=C2/CCC3=C2[C@H](c2ccc(C)cc2)NC(=S)N3)cc1. The molecule has 4 rings (SSSR count). The number of thiocarbonyl (C=S) groups is 1. The molecule has 1 heterocycles. The van der Waals surface area contributed by atoms with Gasteiger partial charge < -0.3 is 10.6 Å². The second kappa shape index (κ2) is 6.49. The molecule has 0 aromatic heterocycles. The number of nitrogens with one attached hydrogen (secondary N) is 2. The number of allylic oxidation sites excluding steroid dienone is 1. The summed E-state index contributed by atoms with van der Waals surface area (Å²) < 4.78 is 0. The summed E-state index contributed by atoms with van der Waals surface area (Å²) in [6, 6.07) is 17.6. The van der Waals surface area contributed by atoms with Crippen LogP contribution in [0.1, 0.15) is 41.1 Å². The molecule has 0 saturated heterocycles. The second-order valence-electron chi connectivity index (χ2n) is 6.91. The van der Waals surface area contributed by atoms with E-state index in [-0.39, 0.29) is 6.04 Å². The van der Waals surface area contributed by atoms with E-state index >= 15 is 0 Å². The molecule has 0 unspecified atom stereocenters. The molecule has 1 atom stereocenters. The first-order valence-electron chi connectivity index (χ1n) is 8.75. The molecule has 0 bridgehead atoms. The zero-order valence-electron chi connectivity index (χ0n) is 14.6. The fourth-order valence-electron chi connectivity index (χ4n) is 3.61. The summed E-state index contributed by atoms with van der Waals surface area (Å²) >= 11 is 5.44. The zero-order chi connectivity index (χ0) is 17.4. The Balaban J connectivity index is 1.75. The van der Waals surface area contributed by atoms with Gasteiger partial charge in [-0.25, -0.2) is 0 Å². The van der Waals surface area contributed by atoms with Gasteiger partial charge in [0.1, 0.15) is 0 Å². The van der Waals surface area contributed by atoms with Crippen molar-refractivity contribution in [1.82, 2.24) is 10.6 Å². The van der Waals surface area contributed by atoms with Gasteiger partial charge in [-0.1, -0.05) is 65.7 Å². The highest BCUT2D eigenvalue weighted by atomic mass is 32.1. The molecule has 2 aromatic carbocycles. The molecule has 25 heavy (non-hydrogen) atoms. The number of benzene rings is 2. The van der Waals surface area contributed by atoms with Crippen LogP contribution in [0.2, 0.25) is 0 Å². The van der Waals surface area contributed by atoms with Crippen molar-refractivity contribution in [2.24, 2.45) is 0 Å². The number of aryl methyl sites for hydroxylation is 2. The lowest BCUT2D eigenvalue weighted by molar-refractivity contribution is 0.707. The molecule has 0 radical (unpaired) electrons. The van der Waals surface area contributed by atoms with Crippen molar-refractivity contribution >= 4 is 23.4 Å². The van der Waals surface area contributed by atoms with Gasteiger partial charge in [0, 0.05) is 11.3 Å². The van der Waals surface area contributed by atoms with Gasteiger partial charge >= 0.3 is 0 Å². The van der Waals surface area contributed by atoms with Crippen LogP contribution in [0.4, 0.5) is 0 Å². The van der Waals surface area contributed by atoms with Crippen LogP contribution in [0.25, 0.3) is 6.08 Å². The fraction of sp³-hybridized carbons (Fsp3) is 0.227. The van der Waals surface area contributed by atoms with Crippen molar-refractivity contribution in [3.05, 3.63) is 87.6 Å². The Labute approximate surface area is 154 Å². The second-order valence-corrected chi connectivity index (χ2v) is 7.32. The lowest BCUT2D eigenvalue weighted by atomic mass is 9.91. The third-order valence-corrected chi connectivity index (χ3v) is 5.19. The minimum atomic E-state index is 0.128. The van der Waals surface area contributed by atoms with Crippen LogP contribution in [0.15, 0.2) is 65.4 Å². The first-order chi connectivity index (χ1) is 12.1. The molecule has 3 heteroatoms. The van der Waals surface area contributed by atoms with E-state index in [1.54, 1.807) is 0 Å². The summed E-state index contributed by atoms with van der Waals surface area (Å²) in [6.45, 7) is 4.24. The molecule has 2 N–H and O–H groups in total. The molecular weight excluding hydrogens is 324 g/mol. The third kappa shape index (κ3) is 3.24. The van der Waals surface area contributed by atoms with E-state index in [1.165, 1.54) is 39.1 Å². The highest BCUT2D eigenvalue weighted by Crippen LogP contribution is 2.41. The fourth-order valence-corrected chi connectivity index (χ4v) is 3.85. The minimum absolute atomic E-state index is 0.128. The Bertz CT molecular complexity index is 873. The summed E-state index contributed by atoms with van der Waals surface area (Å²) in [6.07, 6.45) is 4.40. The molecule has 2 aliphatic rings. The lowest BCUT2D eigenvalue weighted by Gasteiger charge is -2.30. The van der Waals surface area contributed by atoms with Crippen LogP contribution in [0.5, 0.6) is 0 Å². The summed E-state index contributed by atoms with van der Waals surface area (Å²) in [4.78, 5) is 0. The van der Waals surface area contributed by atoms with E-state index in [9.17, 15) is 0 Å². The van der Waals surface area contributed by atoms with Crippen molar-refractivity contribution < 1.29 is 0 Å². The van der Waals surface area contributed by atoms with Crippen molar-refractivity contribution in [2.75, 3.05) is 0 Å². The zero-order valence-corrected chi connectivity index (χ0v) is 15.4. The van der Waals surface area contributed by atoms with E-state index in [0.717, 1.165) is 18.0 Å². The highest BCUT2D eigenvalue weighted by molar-refractivity contribution is 7.80. The Hall–Kier alpha value is -2.39. The first kappa shape index (κ1) is 16.1. The van der Waals surface area contributed by atoms with E-state index in [2.05, 4.69) is 79.1 Å². The summed E-state index contributed by atoms with van der Waals surface area (Å²) in [5.74, 6) is 0. The van der Waals surface area contributed by atoms with Crippen molar-refractivity contribution in [3.8, 4) is 0 Å². The van der Waals surface area contributed by atoms with E-state index in [0.29, 0.717) is 0 Å². The van der Waals surface area contributed by atoms with Crippen LogP contribution >= 0.6 is 12.2 Å². The van der Waals surface area contributed by atoms with Crippen LogP contribution < -0.4 is 10.6 Å². The van der Waals surface area contributed by atoms with E-state index in [1.807, 2.05) is 0 Å². The van der Waals surface area contributed by atoms with Gasteiger partial charge in [-0.2, -0.15) is 0 Å². The van der Waals surface area contributed by atoms with Gasteiger partial charge in [0.05, 0.1) is 6.04 Å². The summed E-state index contributed by atoms with van der Waals surface area (Å²) in [5.41, 5.74) is 9.11. The lowest BCUT2D eigenvalue weighted by Crippen LogP contribution is -2.42. The standard InChI is InChI=1S/C22H22N2S/c1-14-3-7-16(8-4-14)13-18-11-12-19-20(18)21(24-22(25)23-19)17-9-5-15(2)6-10-17/h3-10,13,21H,11-12H2,1-2H3,(H2,23,24,25)/b18-13-/t21-/m0/s1. The maximum absolute atomic E-state index is 5.44. The Morgan fingerprint density at radius 3 is 2.24 bits per heavy atom. The van der Waals surface area contributed by atoms with Crippen molar-refractivity contribution in [3.63, 3.8) is 0 Å². The molecule has 0 saturated carbocycles. The average molecular weight is 346 g/mol. The summed E-state index contributed by atoms with van der Waals surface area (Å²) in [7, 11) is 0.